The van der Waals surface area contributed by atoms with Crippen LogP contribution >= 0.6 is 9.47 Å². The second-order valence-electron chi connectivity index (χ2n) is 1.79. The van der Waals surface area contributed by atoms with Crippen molar-refractivity contribution < 1.29 is 9.32 Å². The van der Waals surface area contributed by atoms with Crippen LogP contribution in [0.5, 0.6) is 0 Å². The minimum atomic E-state index is -0.164. The topological polar surface area (TPSA) is 38.3 Å². The molecule has 0 saturated carbocycles. The van der Waals surface area contributed by atoms with Gasteiger partial charge in [-0.3, -0.25) is 4.79 Å². The molecule has 0 fully saturated rings. The van der Waals surface area contributed by atoms with Crippen LogP contribution in [0.4, 0.5) is 0 Å². The number of carbonyl (C=O) groups is 1. The molecule has 54 valence electrons. The Morgan fingerprint density at radius 2 is 2.44 bits per heavy atom. The number of likely N-dealkylation sites (N-methyl/N-ethyl adjacent to an activating group) is 1. The maximum atomic E-state index is 10.6. The van der Waals surface area contributed by atoms with E-state index in [4.69, 9.17) is 0 Å². The molecule has 2 atom stereocenters. The summed E-state index contributed by atoms with van der Waals surface area (Å²) in [5.74, 6) is 0.0972. The third-order valence-corrected chi connectivity index (χ3v) is 1.29. The highest BCUT2D eigenvalue weighted by Gasteiger charge is 2.09. The minimum Gasteiger partial charge on any atom is -0.364 e. The summed E-state index contributed by atoms with van der Waals surface area (Å²) in [6.07, 6.45) is 0. The minimum absolute atomic E-state index is 0.0972. The summed E-state index contributed by atoms with van der Waals surface area (Å²) in [5.41, 5.74) is 0. The van der Waals surface area contributed by atoms with Gasteiger partial charge in [-0.1, -0.05) is 0 Å². The first-order valence-electron chi connectivity index (χ1n) is 2.71. The number of nitrogens with one attached hydrogen (secondary N) is 1. The SMILES string of the molecule is CNC(COP)C(C)=O. The van der Waals surface area contributed by atoms with E-state index in [0.717, 1.165) is 0 Å². The van der Waals surface area contributed by atoms with Crippen molar-refractivity contribution in [2.75, 3.05) is 13.7 Å². The van der Waals surface area contributed by atoms with Crippen LogP contribution in [0.25, 0.3) is 0 Å². The lowest BCUT2D eigenvalue weighted by Gasteiger charge is -2.09. The lowest BCUT2D eigenvalue weighted by atomic mass is 10.2. The molecule has 9 heavy (non-hydrogen) atoms. The number of ketones is 1. The molecule has 0 aliphatic heterocycles. The highest BCUT2D eigenvalue weighted by atomic mass is 31.0. The Balaban J connectivity index is 3.54. The van der Waals surface area contributed by atoms with Gasteiger partial charge in [-0.25, -0.2) is 0 Å². The van der Waals surface area contributed by atoms with Crippen LogP contribution in [0.2, 0.25) is 0 Å². The van der Waals surface area contributed by atoms with E-state index in [1.165, 1.54) is 6.92 Å². The maximum Gasteiger partial charge on any atom is 0.149 e. The van der Waals surface area contributed by atoms with Crippen molar-refractivity contribution in [1.29, 1.82) is 0 Å². The normalized spacial score (nSPS) is 13.2. The van der Waals surface area contributed by atoms with Crippen LogP contribution in [-0.2, 0) is 9.32 Å². The zero-order valence-electron chi connectivity index (χ0n) is 5.68. The van der Waals surface area contributed by atoms with Gasteiger partial charge in [-0.05, 0) is 14.0 Å². The first kappa shape index (κ1) is 9.02. The summed E-state index contributed by atoms with van der Waals surface area (Å²) in [4.78, 5) is 10.6. The van der Waals surface area contributed by atoms with Crippen molar-refractivity contribution >= 4 is 15.2 Å². The van der Waals surface area contributed by atoms with E-state index in [2.05, 4.69) is 19.3 Å². The predicted molar refractivity (Wildman–Crippen MR) is 39.2 cm³/mol. The zero-order chi connectivity index (χ0) is 7.28. The van der Waals surface area contributed by atoms with Crippen LogP contribution < -0.4 is 5.32 Å². The van der Waals surface area contributed by atoms with Gasteiger partial charge in [0.15, 0.2) is 0 Å². The predicted octanol–water partition coefficient (Wildman–Crippen LogP) is -0.0299. The molecule has 4 heteroatoms. The van der Waals surface area contributed by atoms with Gasteiger partial charge in [0.25, 0.3) is 0 Å². The molecular weight excluding hydrogens is 137 g/mol. The van der Waals surface area contributed by atoms with Gasteiger partial charge in [0.2, 0.25) is 0 Å². The number of hydrogen-bond donors (Lipinski definition) is 1. The Morgan fingerprint density at radius 3 is 2.56 bits per heavy atom. The van der Waals surface area contributed by atoms with Gasteiger partial charge in [0.05, 0.1) is 12.6 Å². The number of rotatable bonds is 4. The average Bonchev–Trinajstić information content (AvgIpc) is 1.82. The van der Waals surface area contributed by atoms with Crippen molar-refractivity contribution in [3.8, 4) is 0 Å². The number of Topliss-reactive ketones (excluding diaryl/α,β-unsaturated/α-hetero) is 1. The Labute approximate surface area is 57.4 Å². The summed E-state index contributed by atoms with van der Waals surface area (Å²) in [5, 5.41) is 2.81. The molecule has 0 spiro atoms. The molecule has 0 aliphatic carbocycles. The lowest BCUT2D eigenvalue weighted by Crippen LogP contribution is -2.35. The molecule has 0 bridgehead atoms. The zero-order valence-corrected chi connectivity index (χ0v) is 6.83. The fourth-order valence-corrected chi connectivity index (χ4v) is 0.693. The van der Waals surface area contributed by atoms with Crippen LogP contribution in [0.3, 0.4) is 0 Å². The van der Waals surface area contributed by atoms with Crippen molar-refractivity contribution in [3.05, 3.63) is 0 Å². The van der Waals surface area contributed by atoms with Crippen LogP contribution in [0.1, 0.15) is 6.92 Å². The maximum absolute atomic E-state index is 10.6. The van der Waals surface area contributed by atoms with Gasteiger partial charge in [0.1, 0.15) is 5.78 Å². The van der Waals surface area contributed by atoms with Gasteiger partial charge < -0.3 is 9.84 Å². The van der Waals surface area contributed by atoms with Crippen molar-refractivity contribution in [3.63, 3.8) is 0 Å². The Morgan fingerprint density at radius 1 is 1.89 bits per heavy atom. The van der Waals surface area contributed by atoms with E-state index in [1.807, 2.05) is 0 Å². The smallest absolute Gasteiger partial charge is 0.149 e. The van der Waals surface area contributed by atoms with Gasteiger partial charge in [-0.2, -0.15) is 0 Å². The molecule has 0 rings (SSSR count). The molecule has 0 aromatic carbocycles. The molecule has 3 nitrogen and oxygen atoms in total. The molecule has 0 amide bonds. The highest BCUT2D eigenvalue weighted by Crippen LogP contribution is 1.90. The standard InChI is InChI=1S/C5H12NO2P/c1-4(7)5(6-2)3-8-9/h5-6H,3,9H2,1-2H3. The summed E-state index contributed by atoms with van der Waals surface area (Å²) >= 11 is 0. The fraction of sp³-hybridized carbons (Fsp3) is 0.800. The Hall–Kier alpha value is 0.0200. The molecule has 2 unspecified atom stereocenters. The van der Waals surface area contributed by atoms with Crippen LogP contribution in [-0.4, -0.2) is 25.5 Å². The molecule has 0 heterocycles. The second-order valence-corrected chi connectivity index (χ2v) is 2.12. The molecule has 0 aromatic heterocycles. The van der Waals surface area contributed by atoms with Crippen LogP contribution in [0, 0.1) is 0 Å². The second kappa shape index (κ2) is 4.86. The quantitative estimate of drug-likeness (QED) is 0.570. The molecule has 0 saturated heterocycles. The summed E-state index contributed by atoms with van der Waals surface area (Å²) in [6.45, 7) is 1.95. The van der Waals surface area contributed by atoms with Crippen molar-refractivity contribution in [1.82, 2.24) is 5.32 Å². The molecule has 0 aromatic rings. The van der Waals surface area contributed by atoms with E-state index in [0.29, 0.717) is 6.61 Å². The molecule has 0 radical (unpaired) electrons. The van der Waals surface area contributed by atoms with E-state index in [-0.39, 0.29) is 11.8 Å². The van der Waals surface area contributed by atoms with Crippen LogP contribution in [0.15, 0.2) is 0 Å². The third kappa shape index (κ3) is 3.57. The molecular formula is C5H12NO2P. The van der Waals surface area contributed by atoms with E-state index >= 15 is 0 Å². The Bertz CT molecular complexity index is 97.0. The summed E-state index contributed by atoms with van der Waals surface area (Å²) in [6, 6.07) is -0.164. The largest absolute Gasteiger partial charge is 0.364 e. The fourth-order valence-electron chi connectivity index (χ4n) is 0.500. The van der Waals surface area contributed by atoms with E-state index in [9.17, 15) is 4.79 Å². The van der Waals surface area contributed by atoms with Gasteiger partial charge in [0, 0.05) is 9.47 Å². The van der Waals surface area contributed by atoms with E-state index in [1.54, 1.807) is 7.05 Å². The van der Waals surface area contributed by atoms with E-state index < -0.39 is 0 Å². The summed E-state index contributed by atoms with van der Waals surface area (Å²) < 4.78 is 4.69. The monoisotopic (exact) mass is 149 g/mol. The number of hydrogen-bond acceptors (Lipinski definition) is 3. The lowest BCUT2D eigenvalue weighted by molar-refractivity contribution is -0.119. The third-order valence-electron chi connectivity index (χ3n) is 1.10. The van der Waals surface area contributed by atoms with Crippen molar-refractivity contribution in [2.24, 2.45) is 0 Å². The Kier molecular flexibility index (Phi) is 4.87. The molecule has 0 aliphatic rings. The average molecular weight is 149 g/mol. The van der Waals surface area contributed by atoms with Gasteiger partial charge in [-0.15, -0.1) is 0 Å². The first-order chi connectivity index (χ1) is 4.22. The summed E-state index contributed by atoms with van der Waals surface area (Å²) in [7, 11) is 3.84. The highest BCUT2D eigenvalue weighted by molar-refractivity contribution is 7.09. The molecule has 1 N–H and O–H groups in total. The number of carbonyl (C=O) groups excluding carboxylic acids is 1. The first-order valence-corrected chi connectivity index (χ1v) is 3.19. The van der Waals surface area contributed by atoms with Gasteiger partial charge >= 0.3 is 0 Å². The van der Waals surface area contributed by atoms with Crippen molar-refractivity contribution in [2.45, 2.75) is 13.0 Å².